The molecule has 2 rings (SSSR count). The number of hydrogen-bond acceptors (Lipinski definition) is 2. The average Bonchev–Trinajstić information content (AvgIpc) is 2.49. The van der Waals surface area contributed by atoms with E-state index in [0.29, 0.717) is 5.92 Å². The van der Waals surface area contributed by atoms with Gasteiger partial charge in [-0.1, -0.05) is 6.92 Å². The van der Waals surface area contributed by atoms with Gasteiger partial charge in [-0.25, -0.2) is 3.11 Å². The van der Waals surface area contributed by atoms with Gasteiger partial charge in [-0.3, -0.25) is 9.59 Å². The van der Waals surface area contributed by atoms with Crippen molar-refractivity contribution >= 4 is 34.7 Å². The summed E-state index contributed by atoms with van der Waals surface area (Å²) in [4.78, 5) is 22.9. The maximum Gasteiger partial charge on any atom is 0.242 e. The van der Waals surface area contributed by atoms with Crippen LogP contribution in [0.25, 0.3) is 0 Å². The summed E-state index contributed by atoms with van der Waals surface area (Å²) < 4.78 is 1.26. The Balaban J connectivity index is 2.27. The number of fused-ring (bicyclic) bond motifs is 1. The number of rotatable bonds is 0. The van der Waals surface area contributed by atoms with E-state index in [1.807, 2.05) is 22.9 Å². The van der Waals surface area contributed by atoms with Gasteiger partial charge in [-0.15, -0.1) is 0 Å². The molecule has 2 aliphatic rings. The molecule has 0 spiro atoms. The minimum absolute atomic E-state index is 0.00407. The number of halogens is 1. The molecule has 4 heteroatoms. The van der Waals surface area contributed by atoms with Crippen LogP contribution in [-0.4, -0.2) is 14.9 Å². The molecule has 1 saturated carbocycles. The third-order valence-electron chi connectivity index (χ3n) is 2.82. The Morgan fingerprint density at radius 1 is 1.25 bits per heavy atom. The van der Waals surface area contributed by atoms with Gasteiger partial charge in [0.05, 0.1) is 34.7 Å². The molecule has 1 heterocycles. The standard InChI is InChI=1S/C8H10INO2/c1-4-2-5-6(3-4)8(12)10(9)7(5)11/h4-6H,2-3H2,1H3. The zero-order valence-electron chi connectivity index (χ0n) is 6.79. The van der Waals surface area contributed by atoms with E-state index < -0.39 is 0 Å². The van der Waals surface area contributed by atoms with Gasteiger partial charge >= 0.3 is 0 Å². The van der Waals surface area contributed by atoms with Crippen molar-refractivity contribution in [2.24, 2.45) is 17.8 Å². The first-order chi connectivity index (χ1) is 5.61. The van der Waals surface area contributed by atoms with Crippen molar-refractivity contribution in [1.82, 2.24) is 3.11 Å². The molecule has 2 amide bonds. The lowest BCUT2D eigenvalue weighted by atomic mass is 10.00. The zero-order chi connectivity index (χ0) is 8.88. The summed E-state index contributed by atoms with van der Waals surface area (Å²) in [5.74, 6) is 0.594. The summed E-state index contributed by atoms with van der Waals surface area (Å²) in [7, 11) is 0. The third-order valence-corrected chi connectivity index (χ3v) is 3.77. The highest BCUT2D eigenvalue weighted by atomic mass is 127. The number of imide groups is 1. The Hall–Kier alpha value is -0.130. The highest BCUT2D eigenvalue weighted by Crippen LogP contribution is 2.43. The fraction of sp³-hybridized carbons (Fsp3) is 0.750. The second-order valence-electron chi connectivity index (χ2n) is 3.75. The van der Waals surface area contributed by atoms with Crippen LogP contribution < -0.4 is 0 Å². The predicted octanol–water partition coefficient (Wildman–Crippen LogP) is 1.37. The second kappa shape index (κ2) is 2.68. The van der Waals surface area contributed by atoms with E-state index in [1.54, 1.807) is 0 Å². The molecular weight excluding hydrogens is 269 g/mol. The first-order valence-corrected chi connectivity index (χ1v) is 5.11. The second-order valence-corrected chi connectivity index (χ2v) is 4.71. The Kier molecular flexibility index (Phi) is 1.89. The van der Waals surface area contributed by atoms with E-state index in [9.17, 15) is 9.59 Å². The predicted molar refractivity (Wildman–Crippen MR) is 51.3 cm³/mol. The van der Waals surface area contributed by atoms with E-state index in [1.165, 1.54) is 3.11 Å². The van der Waals surface area contributed by atoms with Crippen LogP contribution in [-0.2, 0) is 9.59 Å². The lowest BCUT2D eigenvalue weighted by molar-refractivity contribution is -0.132. The van der Waals surface area contributed by atoms with Gasteiger partial charge in [0.25, 0.3) is 0 Å². The molecule has 3 nitrogen and oxygen atoms in total. The van der Waals surface area contributed by atoms with E-state index in [-0.39, 0.29) is 23.7 Å². The smallest absolute Gasteiger partial charge is 0.242 e. The van der Waals surface area contributed by atoms with E-state index in [2.05, 4.69) is 6.92 Å². The van der Waals surface area contributed by atoms with Gasteiger partial charge in [0, 0.05) is 0 Å². The molecule has 0 radical (unpaired) electrons. The van der Waals surface area contributed by atoms with Crippen LogP contribution in [0, 0.1) is 17.8 Å². The summed E-state index contributed by atoms with van der Waals surface area (Å²) in [6, 6.07) is 0. The molecule has 0 bridgehead atoms. The van der Waals surface area contributed by atoms with Crippen LogP contribution in [0.5, 0.6) is 0 Å². The first kappa shape index (κ1) is 8.47. The molecule has 1 aliphatic carbocycles. The molecule has 12 heavy (non-hydrogen) atoms. The number of carbonyl (C=O) groups excluding carboxylic acids is 2. The summed E-state index contributed by atoms with van der Waals surface area (Å²) in [6.07, 6.45) is 1.80. The zero-order valence-corrected chi connectivity index (χ0v) is 8.95. The molecule has 66 valence electrons. The topological polar surface area (TPSA) is 37.4 Å². The molecule has 0 aromatic heterocycles. The van der Waals surface area contributed by atoms with Crippen LogP contribution in [0.3, 0.4) is 0 Å². The molecule has 2 fully saturated rings. The minimum Gasteiger partial charge on any atom is -0.273 e. The number of amides is 2. The van der Waals surface area contributed by atoms with E-state index >= 15 is 0 Å². The quantitative estimate of drug-likeness (QED) is 0.381. The molecule has 0 N–H and O–H groups in total. The molecule has 0 aromatic carbocycles. The third kappa shape index (κ3) is 1.000. The van der Waals surface area contributed by atoms with Crippen molar-refractivity contribution in [3.05, 3.63) is 0 Å². The lowest BCUT2D eigenvalue weighted by Crippen LogP contribution is -2.21. The largest absolute Gasteiger partial charge is 0.273 e. The first-order valence-electron chi connectivity index (χ1n) is 4.15. The summed E-state index contributed by atoms with van der Waals surface area (Å²) in [5.41, 5.74) is 0. The normalized spacial score (nSPS) is 40.8. The summed E-state index contributed by atoms with van der Waals surface area (Å²) >= 11 is 1.81. The molecule has 0 aromatic rings. The number of nitrogens with zero attached hydrogens (tertiary/aromatic N) is 1. The van der Waals surface area contributed by atoms with Crippen LogP contribution >= 0.6 is 22.9 Å². The van der Waals surface area contributed by atoms with Crippen LogP contribution in [0.1, 0.15) is 19.8 Å². The summed E-state index contributed by atoms with van der Waals surface area (Å²) in [5, 5.41) is 0. The lowest BCUT2D eigenvalue weighted by Gasteiger charge is -2.07. The molecule has 2 unspecified atom stereocenters. The van der Waals surface area contributed by atoms with Gasteiger partial charge in [-0.2, -0.15) is 0 Å². The Morgan fingerprint density at radius 3 is 2.08 bits per heavy atom. The van der Waals surface area contributed by atoms with Gasteiger partial charge in [0.15, 0.2) is 0 Å². The Labute approximate surface area is 85.0 Å². The van der Waals surface area contributed by atoms with E-state index in [4.69, 9.17) is 0 Å². The van der Waals surface area contributed by atoms with Crippen molar-refractivity contribution in [3.63, 3.8) is 0 Å². The van der Waals surface area contributed by atoms with Crippen molar-refractivity contribution in [3.8, 4) is 0 Å². The molecule has 1 saturated heterocycles. The van der Waals surface area contributed by atoms with Crippen molar-refractivity contribution in [1.29, 1.82) is 0 Å². The van der Waals surface area contributed by atoms with Crippen LogP contribution in [0.4, 0.5) is 0 Å². The molecule has 1 aliphatic heterocycles. The van der Waals surface area contributed by atoms with Gasteiger partial charge in [-0.05, 0) is 18.8 Å². The Morgan fingerprint density at radius 2 is 1.67 bits per heavy atom. The Bertz CT molecular complexity index is 229. The number of carbonyl (C=O) groups is 2. The van der Waals surface area contributed by atoms with Gasteiger partial charge < -0.3 is 0 Å². The minimum atomic E-state index is 0.00407. The average molecular weight is 279 g/mol. The highest BCUT2D eigenvalue weighted by molar-refractivity contribution is 14.1. The van der Waals surface area contributed by atoms with Crippen molar-refractivity contribution < 1.29 is 9.59 Å². The SMILES string of the molecule is CC1CC2C(=O)N(I)C(=O)C2C1. The monoisotopic (exact) mass is 279 g/mol. The fourth-order valence-corrected chi connectivity index (χ4v) is 2.95. The number of hydrogen-bond donors (Lipinski definition) is 0. The van der Waals surface area contributed by atoms with E-state index in [0.717, 1.165) is 12.8 Å². The molecular formula is C8H10INO2. The maximum absolute atomic E-state index is 11.4. The van der Waals surface area contributed by atoms with Crippen molar-refractivity contribution in [2.75, 3.05) is 0 Å². The van der Waals surface area contributed by atoms with Crippen LogP contribution in [0.15, 0.2) is 0 Å². The fourth-order valence-electron chi connectivity index (χ4n) is 2.24. The molecule has 2 atom stereocenters. The maximum atomic E-state index is 11.4. The highest BCUT2D eigenvalue weighted by Gasteiger charge is 2.51. The van der Waals surface area contributed by atoms with Crippen LogP contribution in [0.2, 0.25) is 0 Å². The van der Waals surface area contributed by atoms with Gasteiger partial charge in [0.2, 0.25) is 11.8 Å². The van der Waals surface area contributed by atoms with Gasteiger partial charge in [0.1, 0.15) is 0 Å². The summed E-state index contributed by atoms with van der Waals surface area (Å²) in [6.45, 7) is 2.11. The van der Waals surface area contributed by atoms with Crippen molar-refractivity contribution in [2.45, 2.75) is 19.8 Å².